The van der Waals surface area contributed by atoms with Crippen LogP contribution in [0.2, 0.25) is 0 Å². The van der Waals surface area contributed by atoms with Gasteiger partial charge in [0.2, 0.25) is 0 Å². The van der Waals surface area contributed by atoms with Crippen LogP contribution in [0.4, 0.5) is 13.2 Å². The number of benzene rings is 2. The predicted octanol–water partition coefficient (Wildman–Crippen LogP) is 3.42. The number of carbonyl (C=O) groups is 1. The topological polar surface area (TPSA) is 32.3 Å². The van der Waals surface area contributed by atoms with E-state index in [9.17, 15) is 18.0 Å². The van der Waals surface area contributed by atoms with E-state index in [1.54, 1.807) is 29.2 Å². The van der Waals surface area contributed by atoms with Gasteiger partial charge in [-0.3, -0.25) is 4.79 Å². The van der Waals surface area contributed by atoms with Gasteiger partial charge in [0.1, 0.15) is 0 Å². The van der Waals surface area contributed by atoms with Crippen molar-refractivity contribution in [1.29, 1.82) is 0 Å². The Hall–Kier alpha value is -2.34. The molecule has 1 fully saturated rings. The summed E-state index contributed by atoms with van der Waals surface area (Å²) in [6.07, 6.45) is -4.37. The molecule has 0 saturated carbocycles. The average Bonchev–Trinajstić information content (AvgIpc) is 2.61. The lowest BCUT2D eigenvalue weighted by Gasteiger charge is -2.28. The zero-order valence-corrected chi connectivity index (χ0v) is 12.9. The maximum atomic E-state index is 12.7. The number of carbonyl (C=O) groups excluding carboxylic acids is 1. The van der Waals surface area contributed by atoms with Gasteiger partial charge in [-0.15, -0.1) is 0 Å². The molecule has 0 aliphatic carbocycles. The molecule has 2 aromatic rings. The molecule has 1 saturated heterocycles. The third-order valence-electron chi connectivity index (χ3n) is 4.08. The van der Waals surface area contributed by atoms with Crippen molar-refractivity contribution in [1.82, 2.24) is 10.2 Å². The molecule has 126 valence electrons. The van der Waals surface area contributed by atoms with E-state index < -0.39 is 11.7 Å². The van der Waals surface area contributed by atoms with Gasteiger partial charge in [0.15, 0.2) is 0 Å². The summed E-state index contributed by atoms with van der Waals surface area (Å²) < 4.78 is 38.1. The molecule has 24 heavy (non-hydrogen) atoms. The molecular formula is C18H17F3N2O. The standard InChI is InChI=1S/C18H17F3N2O/c19-18(20,21)14-7-5-13(6-8-14)15-3-1-2-4-16(15)17(24)23-11-9-22-10-12-23/h1-8,22H,9-12H2. The molecule has 6 heteroatoms. The molecular weight excluding hydrogens is 317 g/mol. The van der Waals surface area contributed by atoms with E-state index in [-0.39, 0.29) is 5.91 Å². The van der Waals surface area contributed by atoms with Gasteiger partial charge < -0.3 is 10.2 Å². The zero-order chi connectivity index (χ0) is 17.2. The molecule has 0 bridgehead atoms. The average molecular weight is 334 g/mol. The number of amides is 1. The summed E-state index contributed by atoms with van der Waals surface area (Å²) in [7, 11) is 0. The molecule has 1 amide bonds. The first-order valence-electron chi connectivity index (χ1n) is 7.73. The quantitative estimate of drug-likeness (QED) is 0.913. The van der Waals surface area contributed by atoms with Gasteiger partial charge in [0.05, 0.1) is 5.56 Å². The van der Waals surface area contributed by atoms with E-state index in [4.69, 9.17) is 0 Å². The van der Waals surface area contributed by atoms with Crippen LogP contribution in [0, 0.1) is 0 Å². The minimum atomic E-state index is -4.37. The number of hydrogen-bond acceptors (Lipinski definition) is 2. The maximum Gasteiger partial charge on any atom is 0.416 e. The number of nitrogens with one attached hydrogen (secondary N) is 1. The van der Waals surface area contributed by atoms with E-state index in [0.717, 1.165) is 25.2 Å². The first kappa shape index (κ1) is 16.5. The number of rotatable bonds is 2. The highest BCUT2D eigenvalue weighted by Crippen LogP contribution is 2.32. The minimum Gasteiger partial charge on any atom is -0.336 e. The van der Waals surface area contributed by atoms with Crippen molar-refractivity contribution in [3.05, 3.63) is 59.7 Å². The van der Waals surface area contributed by atoms with Crippen LogP contribution >= 0.6 is 0 Å². The second kappa shape index (κ2) is 6.65. The van der Waals surface area contributed by atoms with Crippen LogP contribution in [0.25, 0.3) is 11.1 Å². The van der Waals surface area contributed by atoms with Gasteiger partial charge in [-0.1, -0.05) is 30.3 Å². The van der Waals surface area contributed by atoms with Crippen molar-refractivity contribution in [2.45, 2.75) is 6.18 Å². The second-order valence-electron chi connectivity index (χ2n) is 5.66. The predicted molar refractivity (Wildman–Crippen MR) is 85.7 cm³/mol. The molecule has 0 aromatic heterocycles. The van der Waals surface area contributed by atoms with E-state index in [0.29, 0.717) is 29.8 Å². The highest BCUT2D eigenvalue weighted by Gasteiger charge is 2.30. The van der Waals surface area contributed by atoms with Gasteiger partial charge >= 0.3 is 6.18 Å². The van der Waals surface area contributed by atoms with Crippen molar-refractivity contribution in [2.75, 3.05) is 26.2 Å². The Labute approximate surface area is 138 Å². The van der Waals surface area contributed by atoms with Crippen molar-refractivity contribution in [3.8, 4) is 11.1 Å². The summed E-state index contributed by atoms with van der Waals surface area (Å²) in [5, 5.41) is 3.19. The van der Waals surface area contributed by atoms with E-state index in [1.807, 2.05) is 0 Å². The first-order valence-corrected chi connectivity index (χ1v) is 7.73. The third-order valence-corrected chi connectivity index (χ3v) is 4.08. The monoisotopic (exact) mass is 334 g/mol. The van der Waals surface area contributed by atoms with Crippen LogP contribution in [0.5, 0.6) is 0 Å². The Morgan fingerprint density at radius 1 is 0.958 bits per heavy atom. The molecule has 1 heterocycles. The van der Waals surface area contributed by atoms with Crippen LogP contribution in [-0.2, 0) is 6.18 Å². The van der Waals surface area contributed by atoms with Gasteiger partial charge in [0.25, 0.3) is 5.91 Å². The third kappa shape index (κ3) is 3.43. The molecule has 0 radical (unpaired) electrons. The van der Waals surface area contributed by atoms with E-state index in [1.165, 1.54) is 12.1 Å². The number of hydrogen-bond donors (Lipinski definition) is 1. The maximum absolute atomic E-state index is 12.7. The summed E-state index contributed by atoms with van der Waals surface area (Å²) in [5.41, 5.74) is 1.06. The lowest BCUT2D eigenvalue weighted by Crippen LogP contribution is -2.46. The number of nitrogens with zero attached hydrogens (tertiary/aromatic N) is 1. The highest BCUT2D eigenvalue weighted by atomic mass is 19.4. The molecule has 0 spiro atoms. The molecule has 0 atom stereocenters. The summed E-state index contributed by atoms with van der Waals surface area (Å²) in [5.74, 6) is -0.0907. The Morgan fingerprint density at radius 2 is 1.58 bits per heavy atom. The van der Waals surface area contributed by atoms with Crippen molar-refractivity contribution >= 4 is 5.91 Å². The number of alkyl halides is 3. The van der Waals surface area contributed by atoms with Crippen LogP contribution in [-0.4, -0.2) is 37.0 Å². The SMILES string of the molecule is O=C(c1ccccc1-c1ccc(C(F)(F)F)cc1)N1CCNCC1. The summed E-state index contributed by atoms with van der Waals surface area (Å²) >= 11 is 0. The Bertz CT molecular complexity index is 720. The van der Waals surface area contributed by atoms with Crippen molar-refractivity contribution < 1.29 is 18.0 Å². The number of halogens is 3. The summed E-state index contributed by atoms with van der Waals surface area (Å²) in [6, 6.07) is 11.9. The van der Waals surface area contributed by atoms with Gasteiger partial charge in [-0.05, 0) is 29.3 Å². The largest absolute Gasteiger partial charge is 0.416 e. The zero-order valence-electron chi connectivity index (χ0n) is 12.9. The lowest BCUT2D eigenvalue weighted by atomic mass is 9.97. The fourth-order valence-electron chi connectivity index (χ4n) is 2.80. The van der Waals surface area contributed by atoms with Crippen molar-refractivity contribution in [3.63, 3.8) is 0 Å². The molecule has 1 N–H and O–H groups in total. The molecule has 1 aliphatic rings. The number of piperazine rings is 1. The van der Waals surface area contributed by atoms with E-state index in [2.05, 4.69) is 5.32 Å². The van der Waals surface area contributed by atoms with Crippen LogP contribution in [0.15, 0.2) is 48.5 Å². The van der Waals surface area contributed by atoms with Crippen LogP contribution in [0.1, 0.15) is 15.9 Å². The normalized spacial score (nSPS) is 15.4. The van der Waals surface area contributed by atoms with Gasteiger partial charge in [0, 0.05) is 31.7 Å². The first-order chi connectivity index (χ1) is 11.5. The van der Waals surface area contributed by atoms with Crippen molar-refractivity contribution in [2.24, 2.45) is 0 Å². The summed E-state index contributed by atoms with van der Waals surface area (Å²) in [4.78, 5) is 14.5. The Kier molecular flexibility index (Phi) is 4.57. The van der Waals surface area contributed by atoms with Crippen LogP contribution in [0.3, 0.4) is 0 Å². The van der Waals surface area contributed by atoms with Gasteiger partial charge in [-0.2, -0.15) is 13.2 Å². The van der Waals surface area contributed by atoms with Crippen LogP contribution < -0.4 is 5.32 Å². The fraction of sp³-hybridized carbons (Fsp3) is 0.278. The molecule has 3 rings (SSSR count). The smallest absolute Gasteiger partial charge is 0.336 e. The summed E-state index contributed by atoms with van der Waals surface area (Å²) in [6.45, 7) is 2.74. The lowest BCUT2D eigenvalue weighted by molar-refractivity contribution is -0.137. The molecule has 0 unspecified atom stereocenters. The Morgan fingerprint density at radius 3 is 2.21 bits per heavy atom. The van der Waals surface area contributed by atoms with Gasteiger partial charge in [-0.25, -0.2) is 0 Å². The molecule has 2 aromatic carbocycles. The molecule has 3 nitrogen and oxygen atoms in total. The second-order valence-corrected chi connectivity index (χ2v) is 5.66. The minimum absolute atomic E-state index is 0.0907. The molecule has 1 aliphatic heterocycles. The Balaban J connectivity index is 1.93. The van der Waals surface area contributed by atoms with E-state index >= 15 is 0 Å². The highest BCUT2D eigenvalue weighted by molar-refractivity contribution is 6.01. The fourth-order valence-corrected chi connectivity index (χ4v) is 2.80.